The number of aryl methyl sites for hydroxylation is 1. The molecular weight excluding hydrogens is 394 g/mol. The summed E-state index contributed by atoms with van der Waals surface area (Å²) in [6.45, 7) is 5.42. The van der Waals surface area contributed by atoms with E-state index >= 15 is 0 Å². The summed E-state index contributed by atoms with van der Waals surface area (Å²) in [6, 6.07) is 6.64. The average Bonchev–Trinajstić information content (AvgIpc) is 3.34. The lowest BCUT2D eigenvalue weighted by Crippen LogP contribution is -2.41. The molecule has 0 amide bonds. The number of fused-ring (bicyclic) bond motifs is 2. The number of anilines is 1. The minimum absolute atomic E-state index is 0.553. The zero-order valence-corrected chi connectivity index (χ0v) is 18.5. The summed E-state index contributed by atoms with van der Waals surface area (Å²) < 4.78 is 0.988. The van der Waals surface area contributed by atoms with E-state index < -0.39 is 0 Å². The van der Waals surface area contributed by atoms with Crippen LogP contribution in [0.5, 0.6) is 0 Å². The van der Waals surface area contributed by atoms with Gasteiger partial charge in [0.15, 0.2) is 5.82 Å². The van der Waals surface area contributed by atoms with E-state index in [0.717, 1.165) is 33.2 Å². The molecule has 7 nitrogen and oxygen atoms in total. The highest BCUT2D eigenvalue weighted by molar-refractivity contribution is 7.19. The molecule has 0 bridgehead atoms. The second kappa shape index (κ2) is 7.61. The first-order valence-electron chi connectivity index (χ1n) is 10.4. The fourth-order valence-corrected chi connectivity index (χ4v) is 5.59. The molecule has 3 N–H and O–H groups in total. The van der Waals surface area contributed by atoms with Crippen molar-refractivity contribution >= 4 is 38.3 Å². The molecule has 5 rings (SSSR count). The maximum absolute atomic E-state index is 6.40. The number of benzene rings is 1. The van der Waals surface area contributed by atoms with Gasteiger partial charge in [-0.15, -0.1) is 11.3 Å². The van der Waals surface area contributed by atoms with Gasteiger partial charge in [0.2, 0.25) is 0 Å². The highest BCUT2D eigenvalue weighted by Gasteiger charge is 2.23. The van der Waals surface area contributed by atoms with E-state index in [4.69, 9.17) is 10.7 Å². The van der Waals surface area contributed by atoms with Crippen molar-refractivity contribution in [3.05, 3.63) is 34.8 Å². The minimum atomic E-state index is 0.553. The Morgan fingerprint density at radius 1 is 1.27 bits per heavy atom. The Morgan fingerprint density at radius 2 is 2.07 bits per heavy atom. The molecule has 1 aliphatic heterocycles. The van der Waals surface area contributed by atoms with Crippen LogP contribution in [0.2, 0.25) is 0 Å². The van der Waals surface area contributed by atoms with E-state index in [1.807, 2.05) is 24.4 Å². The number of H-pyrrole nitrogens is 1. The number of nitrogen functional groups attached to an aromatic ring is 1. The van der Waals surface area contributed by atoms with Crippen molar-refractivity contribution < 1.29 is 0 Å². The molecule has 156 valence electrons. The summed E-state index contributed by atoms with van der Waals surface area (Å²) in [5.41, 5.74) is 10.5. The van der Waals surface area contributed by atoms with Crippen LogP contribution in [0.25, 0.3) is 32.5 Å². The smallest absolute Gasteiger partial charge is 0.162 e. The van der Waals surface area contributed by atoms with E-state index in [0.29, 0.717) is 17.7 Å². The number of nitrogens with two attached hydrogens (primary N) is 1. The van der Waals surface area contributed by atoms with Gasteiger partial charge in [0.05, 0.1) is 21.9 Å². The van der Waals surface area contributed by atoms with Gasteiger partial charge in [-0.25, -0.2) is 9.97 Å². The quantitative estimate of drug-likeness (QED) is 0.523. The van der Waals surface area contributed by atoms with Crippen LogP contribution in [0.3, 0.4) is 0 Å². The van der Waals surface area contributed by atoms with Crippen LogP contribution >= 0.6 is 11.3 Å². The number of nitrogens with zero attached hydrogens (tertiary/aromatic N) is 5. The monoisotopic (exact) mass is 421 g/mol. The first-order chi connectivity index (χ1) is 14.5. The topological polar surface area (TPSA) is 87.0 Å². The van der Waals surface area contributed by atoms with Crippen LogP contribution in [-0.2, 0) is 6.54 Å². The molecule has 30 heavy (non-hydrogen) atoms. The second-order valence-electron chi connectivity index (χ2n) is 8.35. The standard InChI is InChI=1S/C22H27N7S/c1-13-18(12-29(3)14-7-9-28(2)10-8-14)30-20-19(13)25-22(26-21(20)23)15-5-4-6-17-16(15)11-24-27-17/h4-6,11,14H,7-10,12H2,1-3H3,(H,24,27)(H2,23,25,26). The Kier molecular flexibility index (Phi) is 4.92. The number of likely N-dealkylation sites (tertiary alicyclic amines) is 1. The Labute approximate surface area is 179 Å². The molecule has 0 atom stereocenters. The van der Waals surface area contributed by atoms with Gasteiger partial charge in [-0.2, -0.15) is 5.10 Å². The van der Waals surface area contributed by atoms with Crippen LogP contribution in [0.1, 0.15) is 23.3 Å². The summed E-state index contributed by atoms with van der Waals surface area (Å²) in [5.74, 6) is 1.21. The number of thiophene rings is 1. The lowest BCUT2D eigenvalue weighted by Gasteiger charge is -2.35. The van der Waals surface area contributed by atoms with Crippen molar-refractivity contribution in [2.45, 2.75) is 32.4 Å². The largest absolute Gasteiger partial charge is 0.382 e. The lowest BCUT2D eigenvalue weighted by molar-refractivity contribution is 0.140. The molecule has 8 heteroatoms. The first kappa shape index (κ1) is 19.4. The zero-order chi connectivity index (χ0) is 20.8. The van der Waals surface area contributed by atoms with Gasteiger partial charge in [0, 0.05) is 28.4 Å². The number of hydrogen-bond acceptors (Lipinski definition) is 7. The van der Waals surface area contributed by atoms with Gasteiger partial charge in [-0.05, 0) is 58.6 Å². The Bertz CT molecular complexity index is 1200. The van der Waals surface area contributed by atoms with Crippen LogP contribution in [0.4, 0.5) is 5.82 Å². The van der Waals surface area contributed by atoms with E-state index in [2.05, 4.69) is 46.0 Å². The molecular formula is C22H27N7S. The maximum atomic E-state index is 6.40. The molecule has 1 fully saturated rings. The number of rotatable bonds is 4. The van der Waals surface area contributed by atoms with Crippen LogP contribution in [-0.4, -0.2) is 63.2 Å². The second-order valence-corrected chi connectivity index (χ2v) is 9.45. The van der Waals surface area contributed by atoms with Crippen molar-refractivity contribution in [1.82, 2.24) is 30.0 Å². The highest BCUT2D eigenvalue weighted by Crippen LogP contribution is 2.36. The lowest BCUT2D eigenvalue weighted by atomic mass is 10.0. The van der Waals surface area contributed by atoms with Gasteiger partial charge >= 0.3 is 0 Å². The SMILES string of the molecule is Cc1c(CN(C)C2CCN(C)CC2)sc2c(N)nc(-c3cccc4[nH]ncc34)nc12. The fraction of sp³-hybridized carbons (Fsp3) is 0.409. The van der Waals surface area contributed by atoms with Crippen molar-refractivity contribution in [2.75, 3.05) is 32.9 Å². The third-order valence-electron chi connectivity index (χ3n) is 6.32. The summed E-state index contributed by atoms with van der Waals surface area (Å²) in [5, 5.41) is 8.17. The van der Waals surface area contributed by atoms with Crippen molar-refractivity contribution in [3.63, 3.8) is 0 Å². The number of piperidine rings is 1. The van der Waals surface area contributed by atoms with Crippen molar-refractivity contribution in [1.29, 1.82) is 0 Å². The van der Waals surface area contributed by atoms with Crippen molar-refractivity contribution in [2.24, 2.45) is 0 Å². The molecule has 1 aliphatic rings. The molecule has 4 aromatic rings. The molecule has 0 spiro atoms. The van der Waals surface area contributed by atoms with Crippen LogP contribution in [0.15, 0.2) is 24.4 Å². The Hall–Kier alpha value is -2.55. The molecule has 4 heterocycles. The number of nitrogens with one attached hydrogen (secondary N) is 1. The zero-order valence-electron chi connectivity index (χ0n) is 17.6. The highest BCUT2D eigenvalue weighted by atomic mass is 32.1. The minimum Gasteiger partial charge on any atom is -0.382 e. The third-order valence-corrected chi connectivity index (χ3v) is 7.61. The predicted octanol–water partition coefficient (Wildman–Crippen LogP) is 3.65. The predicted molar refractivity (Wildman–Crippen MR) is 124 cm³/mol. The van der Waals surface area contributed by atoms with Gasteiger partial charge < -0.3 is 10.6 Å². The first-order valence-corrected chi connectivity index (χ1v) is 11.2. The molecule has 1 aromatic carbocycles. The molecule has 0 aliphatic carbocycles. The van der Waals surface area contributed by atoms with E-state index in [9.17, 15) is 0 Å². The summed E-state index contributed by atoms with van der Waals surface area (Å²) in [7, 11) is 4.44. The van der Waals surface area contributed by atoms with Crippen LogP contribution < -0.4 is 5.73 Å². The Balaban J connectivity index is 1.50. The molecule has 3 aromatic heterocycles. The van der Waals surface area contributed by atoms with E-state index in [1.165, 1.54) is 36.4 Å². The molecule has 0 saturated carbocycles. The summed E-state index contributed by atoms with van der Waals surface area (Å²) in [6.07, 6.45) is 4.26. The maximum Gasteiger partial charge on any atom is 0.162 e. The van der Waals surface area contributed by atoms with E-state index in [1.54, 1.807) is 11.3 Å². The fourth-order valence-electron chi connectivity index (χ4n) is 4.38. The van der Waals surface area contributed by atoms with Gasteiger partial charge in [0.1, 0.15) is 5.82 Å². The average molecular weight is 422 g/mol. The number of aromatic nitrogens is 4. The molecule has 0 radical (unpaired) electrons. The Morgan fingerprint density at radius 3 is 2.87 bits per heavy atom. The normalized spacial score (nSPS) is 16.3. The van der Waals surface area contributed by atoms with Crippen LogP contribution in [0, 0.1) is 6.92 Å². The summed E-state index contributed by atoms with van der Waals surface area (Å²) >= 11 is 1.73. The van der Waals surface area contributed by atoms with Gasteiger partial charge in [-0.3, -0.25) is 10.00 Å². The van der Waals surface area contributed by atoms with E-state index in [-0.39, 0.29) is 0 Å². The molecule has 0 unspecified atom stereocenters. The number of hydrogen-bond donors (Lipinski definition) is 2. The third kappa shape index (κ3) is 3.34. The molecule has 1 saturated heterocycles. The van der Waals surface area contributed by atoms with Gasteiger partial charge in [0.25, 0.3) is 0 Å². The van der Waals surface area contributed by atoms with Gasteiger partial charge in [-0.1, -0.05) is 12.1 Å². The van der Waals surface area contributed by atoms with Crippen molar-refractivity contribution in [3.8, 4) is 11.4 Å². The summed E-state index contributed by atoms with van der Waals surface area (Å²) in [4.78, 5) is 15.8. The number of aromatic amines is 1.